The van der Waals surface area contributed by atoms with E-state index < -0.39 is 0 Å². The van der Waals surface area contributed by atoms with Gasteiger partial charge in [0.15, 0.2) is 0 Å². The zero-order valence-corrected chi connectivity index (χ0v) is 14.2. The fraction of sp³-hybridized carbons (Fsp3) is 0.529. The van der Waals surface area contributed by atoms with Crippen molar-refractivity contribution in [1.29, 1.82) is 0 Å². The van der Waals surface area contributed by atoms with E-state index >= 15 is 0 Å². The molecule has 20 heavy (non-hydrogen) atoms. The summed E-state index contributed by atoms with van der Waals surface area (Å²) in [6.07, 6.45) is 2.06. The summed E-state index contributed by atoms with van der Waals surface area (Å²) in [4.78, 5) is 23.5. The normalized spacial score (nSPS) is 16.9. The van der Waals surface area contributed by atoms with E-state index in [9.17, 15) is 9.59 Å². The fourth-order valence-corrected chi connectivity index (χ4v) is 4.10. The molecule has 0 bridgehead atoms. The van der Waals surface area contributed by atoms with Crippen LogP contribution in [-0.2, 0) is 16.0 Å². The lowest BCUT2D eigenvalue weighted by molar-refractivity contribution is -0.130. The molecule has 1 aromatic rings. The number of rotatable bonds is 2. The highest BCUT2D eigenvalue weighted by Gasteiger charge is 2.30. The van der Waals surface area contributed by atoms with Gasteiger partial charge in [0.25, 0.3) is 0 Å². The summed E-state index contributed by atoms with van der Waals surface area (Å²) in [5.74, 6) is 0.235. The third-order valence-corrected chi connectivity index (χ3v) is 5.63. The van der Waals surface area contributed by atoms with E-state index in [-0.39, 0.29) is 23.9 Å². The molecule has 1 fully saturated rings. The van der Waals surface area contributed by atoms with Crippen LogP contribution in [-0.4, -0.2) is 11.6 Å². The molecular formula is C17H21BrO2. The molecule has 3 heteroatoms. The SMILES string of the molecule is CCc1c(Br)c(C)c(C)c(C)c1C1CC(=O)CC(=O)C1. The number of hydrogen-bond donors (Lipinski definition) is 0. The van der Waals surface area contributed by atoms with Crippen molar-refractivity contribution in [3.05, 3.63) is 32.3 Å². The summed E-state index contributed by atoms with van der Waals surface area (Å²) in [6, 6.07) is 0. The molecule has 0 aliphatic heterocycles. The first-order valence-electron chi connectivity index (χ1n) is 7.18. The molecule has 0 N–H and O–H groups in total. The molecule has 1 aromatic carbocycles. The first-order valence-corrected chi connectivity index (χ1v) is 7.97. The van der Waals surface area contributed by atoms with Crippen LogP contribution in [0.3, 0.4) is 0 Å². The molecule has 0 radical (unpaired) electrons. The lowest BCUT2D eigenvalue weighted by Gasteiger charge is -2.27. The second-order valence-electron chi connectivity index (χ2n) is 5.79. The van der Waals surface area contributed by atoms with Crippen LogP contribution < -0.4 is 0 Å². The van der Waals surface area contributed by atoms with Gasteiger partial charge in [0, 0.05) is 17.3 Å². The van der Waals surface area contributed by atoms with Crippen LogP contribution in [0.1, 0.15) is 59.9 Å². The lowest BCUT2D eigenvalue weighted by atomic mass is 9.77. The molecule has 0 unspecified atom stereocenters. The Hall–Kier alpha value is -0.960. The topological polar surface area (TPSA) is 34.1 Å². The Bertz CT molecular complexity index is 571. The summed E-state index contributed by atoms with van der Waals surface area (Å²) in [5.41, 5.74) is 6.25. The Kier molecular flexibility index (Phi) is 4.48. The van der Waals surface area contributed by atoms with Crippen LogP contribution in [0, 0.1) is 20.8 Å². The molecule has 1 saturated carbocycles. The number of Topliss-reactive ketones (excluding diaryl/α,β-unsaturated/α-hetero) is 2. The van der Waals surface area contributed by atoms with Crippen molar-refractivity contribution in [3.8, 4) is 0 Å². The summed E-state index contributed by atoms with van der Waals surface area (Å²) in [5, 5.41) is 0. The Morgan fingerprint density at radius 2 is 1.55 bits per heavy atom. The average Bonchev–Trinajstić information content (AvgIpc) is 2.39. The predicted octanol–water partition coefficient (Wildman–Crippen LogP) is 4.34. The maximum absolute atomic E-state index is 11.8. The van der Waals surface area contributed by atoms with Crippen molar-refractivity contribution in [1.82, 2.24) is 0 Å². The molecular weight excluding hydrogens is 316 g/mol. The monoisotopic (exact) mass is 336 g/mol. The van der Waals surface area contributed by atoms with Crippen LogP contribution in [0.5, 0.6) is 0 Å². The molecule has 1 aliphatic carbocycles. The Balaban J connectivity index is 2.61. The summed E-state index contributed by atoms with van der Waals surface area (Å²) < 4.78 is 1.14. The van der Waals surface area contributed by atoms with E-state index in [1.807, 2.05) is 0 Å². The number of ketones is 2. The second-order valence-corrected chi connectivity index (χ2v) is 6.59. The minimum absolute atomic E-state index is 0.0642. The van der Waals surface area contributed by atoms with E-state index in [1.54, 1.807) is 0 Å². The van der Waals surface area contributed by atoms with Crippen LogP contribution in [0.2, 0.25) is 0 Å². The quantitative estimate of drug-likeness (QED) is 0.752. The first kappa shape index (κ1) is 15.4. The fourth-order valence-electron chi connectivity index (χ4n) is 3.31. The van der Waals surface area contributed by atoms with Gasteiger partial charge in [-0.25, -0.2) is 0 Å². The van der Waals surface area contributed by atoms with E-state index in [4.69, 9.17) is 0 Å². The van der Waals surface area contributed by atoms with E-state index in [1.165, 1.54) is 27.8 Å². The van der Waals surface area contributed by atoms with Gasteiger partial charge in [-0.3, -0.25) is 9.59 Å². The molecule has 0 heterocycles. The summed E-state index contributed by atoms with van der Waals surface area (Å²) in [7, 11) is 0. The Morgan fingerprint density at radius 3 is 2.05 bits per heavy atom. The molecule has 108 valence electrons. The zero-order chi connectivity index (χ0) is 15.0. The van der Waals surface area contributed by atoms with Crippen LogP contribution in [0.25, 0.3) is 0 Å². The Labute approximate surface area is 129 Å². The number of hydrogen-bond acceptors (Lipinski definition) is 2. The van der Waals surface area contributed by atoms with E-state index in [2.05, 4.69) is 43.6 Å². The summed E-state index contributed by atoms with van der Waals surface area (Å²) in [6.45, 7) is 8.48. The molecule has 2 nitrogen and oxygen atoms in total. The highest BCUT2D eigenvalue weighted by atomic mass is 79.9. The molecule has 0 saturated heterocycles. The van der Waals surface area contributed by atoms with Gasteiger partial charge in [0.05, 0.1) is 6.42 Å². The van der Waals surface area contributed by atoms with Gasteiger partial charge in [0.2, 0.25) is 0 Å². The predicted molar refractivity (Wildman–Crippen MR) is 84.3 cm³/mol. The van der Waals surface area contributed by atoms with Crippen molar-refractivity contribution in [3.63, 3.8) is 0 Å². The number of halogens is 1. The van der Waals surface area contributed by atoms with Gasteiger partial charge in [-0.1, -0.05) is 22.9 Å². The molecule has 0 spiro atoms. The maximum atomic E-state index is 11.8. The van der Waals surface area contributed by atoms with E-state index in [0.29, 0.717) is 12.8 Å². The average molecular weight is 337 g/mol. The highest BCUT2D eigenvalue weighted by Crippen LogP contribution is 2.40. The van der Waals surface area contributed by atoms with Gasteiger partial charge >= 0.3 is 0 Å². The van der Waals surface area contributed by atoms with Gasteiger partial charge in [-0.2, -0.15) is 0 Å². The smallest absolute Gasteiger partial charge is 0.140 e. The van der Waals surface area contributed by atoms with Crippen LogP contribution in [0.15, 0.2) is 4.47 Å². The van der Waals surface area contributed by atoms with Crippen molar-refractivity contribution in [2.45, 2.75) is 59.3 Å². The van der Waals surface area contributed by atoms with Gasteiger partial charge < -0.3 is 0 Å². The van der Waals surface area contributed by atoms with Crippen LogP contribution in [0.4, 0.5) is 0 Å². The van der Waals surface area contributed by atoms with Crippen LogP contribution >= 0.6 is 15.9 Å². The van der Waals surface area contributed by atoms with Crippen molar-refractivity contribution < 1.29 is 9.59 Å². The van der Waals surface area contributed by atoms with Gasteiger partial charge in [0.1, 0.15) is 11.6 Å². The first-order chi connectivity index (χ1) is 9.36. The molecule has 0 aromatic heterocycles. The van der Waals surface area contributed by atoms with Gasteiger partial charge in [-0.15, -0.1) is 0 Å². The number of benzene rings is 1. The minimum atomic E-state index is 0.0642. The van der Waals surface area contributed by atoms with Crippen molar-refractivity contribution in [2.24, 2.45) is 0 Å². The van der Waals surface area contributed by atoms with Crippen molar-refractivity contribution >= 4 is 27.5 Å². The summed E-state index contributed by atoms with van der Waals surface area (Å²) >= 11 is 3.70. The Morgan fingerprint density at radius 1 is 1.00 bits per heavy atom. The zero-order valence-electron chi connectivity index (χ0n) is 12.6. The maximum Gasteiger partial charge on any atom is 0.140 e. The standard InChI is InChI=1S/C17H21BrO2/c1-5-15-16(10(3)9(2)11(4)17(15)18)12-6-13(19)8-14(20)7-12/h12H,5-8H2,1-4H3. The van der Waals surface area contributed by atoms with Crippen molar-refractivity contribution in [2.75, 3.05) is 0 Å². The van der Waals surface area contributed by atoms with E-state index in [0.717, 1.165) is 10.9 Å². The molecule has 0 amide bonds. The third kappa shape index (κ3) is 2.60. The largest absolute Gasteiger partial charge is 0.299 e. The number of carbonyl (C=O) groups excluding carboxylic acids is 2. The number of carbonyl (C=O) groups is 2. The third-order valence-electron chi connectivity index (χ3n) is 4.55. The molecule has 1 aliphatic rings. The molecule has 2 rings (SSSR count). The lowest BCUT2D eigenvalue weighted by Crippen LogP contribution is -2.23. The van der Waals surface area contributed by atoms with Gasteiger partial charge in [-0.05, 0) is 60.9 Å². The minimum Gasteiger partial charge on any atom is -0.299 e. The second kappa shape index (κ2) is 5.80. The highest BCUT2D eigenvalue weighted by molar-refractivity contribution is 9.10. The molecule has 0 atom stereocenters.